The summed E-state index contributed by atoms with van der Waals surface area (Å²) in [4.78, 5) is 4.91. The van der Waals surface area contributed by atoms with Crippen LogP contribution in [0, 0.1) is 0 Å². The summed E-state index contributed by atoms with van der Waals surface area (Å²) < 4.78 is 2.29. The molecule has 0 fully saturated rings. The zero-order chi connectivity index (χ0) is 31.3. The molecular formula is C45H32N2. The molecule has 0 radical (unpaired) electrons. The predicted molar refractivity (Wildman–Crippen MR) is 199 cm³/mol. The maximum atomic E-state index is 4.91. The Labute approximate surface area is 274 Å². The Morgan fingerprint density at radius 3 is 1.55 bits per heavy atom. The Bertz CT molecular complexity index is 2530. The van der Waals surface area contributed by atoms with E-state index >= 15 is 0 Å². The Morgan fingerprint density at radius 2 is 0.936 bits per heavy atom. The van der Waals surface area contributed by atoms with Crippen molar-refractivity contribution in [3.05, 3.63) is 170 Å². The van der Waals surface area contributed by atoms with E-state index in [2.05, 4.69) is 175 Å². The average Bonchev–Trinajstić information content (AvgIpc) is 3.53. The van der Waals surface area contributed by atoms with Gasteiger partial charge in [-0.1, -0.05) is 146 Å². The first kappa shape index (κ1) is 27.3. The van der Waals surface area contributed by atoms with Crippen molar-refractivity contribution in [1.29, 1.82) is 0 Å². The Kier molecular flexibility index (Phi) is 6.46. The van der Waals surface area contributed by atoms with Gasteiger partial charge >= 0.3 is 0 Å². The maximum Gasteiger partial charge on any atom is 0.114 e. The first-order valence-corrected chi connectivity index (χ1v) is 16.4. The molecule has 0 N–H and O–H groups in total. The highest BCUT2D eigenvalue weighted by atomic mass is 15.1. The highest BCUT2D eigenvalue weighted by molar-refractivity contribution is 6.21. The van der Waals surface area contributed by atoms with Crippen LogP contribution in [0.4, 0.5) is 0 Å². The lowest BCUT2D eigenvalue weighted by Crippen LogP contribution is -2.00. The van der Waals surface area contributed by atoms with Gasteiger partial charge in [0.25, 0.3) is 0 Å². The van der Waals surface area contributed by atoms with Gasteiger partial charge in [-0.3, -0.25) is 4.57 Å². The topological polar surface area (TPSA) is 17.8 Å². The van der Waals surface area contributed by atoms with Crippen LogP contribution < -0.4 is 0 Å². The molecule has 0 amide bonds. The molecule has 0 bridgehead atoms. The fourth-order valence-corrected chi connectivity index (χ4v) is 7.42. The summed E-state index contributed by atoms with van der Waals surface area (Å²) in [5.41, 5.74) is 10.8. The molecule has 0 aliphatic rings. The second-order valence-electron chi connectivity index (χ2n) is 12.2. The number of benzene rings is 8. The number of fused-ring (bicyclic) bond motifs is 4. The van der Waals surface area contributed by atoms with Crippen molar-refractivity contribution in [3.63, 3.8) is 0 Å². The second kappa shape index (κ2) is 11.1. The van der Waals surface area contributed by atoms with E-state index in [-0.39, 0.29) is 0 Å². The van der Waals surface area contributed by atoms with Crippen LogP contribution in [0.3, 0.4) is 0 Å². The molecule has 1 heterocycles. The molecule has 2 nitrogen and oxygen atoms in total. The van der Waals surface area contributed by atoms with Crippen molar-refractivity contribution in [2.75, 3.05) is 0 Å². The molecule has 0 unspecified atom stereocenters. The zero-order valence-corrected chi connectivity index (χ0v) is 26.2. The summed E-state index contributed by atoms with van der Waals surface area (Å²) in [6.45, 7) is 2.17. The van der Waals surface area contributed by atoms with Crippen LogP contribution in [0.25, 0.3) is 82.4 Å². The van der Waals surface area contributed by atoms with Gasteiger partial charge in [0.05, 0.1) is 11.0 Å². The number of rotatable bonds is 5. The van der Waals surface area contributed by atoms with E-state index in [4.69, 9.17) is 4.98 Å². The van der Waals surface area contributed by atoms with E-state index < -0.39 is 0 Å². The molecule has 0 spiro atoms. The summed E-state index contributed by atoms with van der Waals surface area (Å²) in [6.07, 6.45) is 0.871. The summed E-state index contributed by atoms with van der Waals surface area (Å²) >= 11 is 0. The van der Waals surface area contributed by atoms with Crippen LogP contribution in [0.2, 0.25) is 0 Å². The molecule has 0 aliphatic carbocycles. The van der Waals surface area contributed by atoms with Crippen LogP contribution in [0.1, 0.15) is 12.7 Å². The second-order valence-corrected chi connectivity index (χ2v) is 12.2. The number of nitrogens with zero attached hydrogens (tertiary/aromatic N) is 2. The largest absolute Gasteiger partial charge is 0.296 e. The van der Waals surface area contributed by atoms with Gasteiger partial charge in [-0.15, -0.1) is 0 Å². The standard InChI is InChI=1S/C45H32N2/c1-2-43-46-41-20-9-10-21-42(41)47(43)34-28-26-33(27-29-34)45-39-17-7-5-15-37(39)44(38-16-6-8-18-40(38)45)32-24-22-31(23-25-32)36-19-11-13-30-12-3-4-14-35(30)36/h3-29H,2H2,1H3. The Balaban J connectivity index is 1.20. The monoisotopic (exact) mass is 600 g/mol. The molecule has 9 aromatic rings. The van der Waals surface area contributed by atoms with Crippen molar-refractivity contribution in [1.82, 2.24) is 9.55 Å². The van der Waals surface area contributed by atoms with Crippen LogP contribution in [-0.4, -0.2) is 9.55 Å². The third-order valence-electron chi connectivity index (χ3n) is 9.57. The molecule has 1 aromatic heterocycles. The fourth-order valence-electron chi connectivity index (χ4n) is 7.42. The summed E-state index contributed by atoms with van der Waals surface area (Å²) in [6, 6.07) is 59.5. The van der Waals surface area contributed by atoms with Gasteiger partial charge in [-0.25, -0.2) is 4.98 Å². The molecule has 9 rings (SSSR count). The molecule has 222 valence electrons. The molecule has 8 aromatic carbocycles. The van der Waals surface area contributed by atoms with Crippen molar-refractivity contribution >= 4 is 43.4 Å². The fraction of sp³-hybridized carbons (Fsp3) is 0.0444. The molecule has 0 aliphatic heterocycles. The highest BCUT2D eigenvalue weighted by Crippen LogP contribution is 2.44. The summed E-state index contributed by atoms with van der Waals surface area (Å²) in [5.74, 6) is 1.07. The van der Waals surface area contributed by atoms with Crippen LogP contribution in [0.15, 0.2) is 164 Å². The van der Waals surface area contributed by atoms with E-state index in [1.54, 1.807) is 0 Å². The quantitative estimate of drug-likeness (QED) is 0.180. The van der Waals surface area contributed by atoms with Gasteiger partial charge in [0.1, 0.15) is 5.82 Å². The van der Waals surface area contributed by atoms with Gasteiger partial charge in [0.2, 0.25) is 0 Å². The van der Waals surface area contributed by atoms with Crippen LogP contribution >= 0.6 is 0 Å². The van der Waals surface area contributed by atoms with E-state index in [1.165, 1.54) is 65.7 Å². The van der Waals surface area contributed by atoms with E-state index in [1.807, 2.05) is 0 Å². The van der Waals surface area contributed by atoms with Crippen molar-refractivity contribution < 1.29 is 0 Å². The van der Waals surface area contributed by atoms with E-state index in [0.29, 0.717) is 0 Å². The molecular weight excluding hydrogens is 569 g/mol. The number of imidazole rings is 1. The van der Waals surface area contributed by atoms with Crippen LogP contribution in [0.5, 0.6) is 0 Å². The van der Waals surface area contributed by atoms with Crippen molar-refractivity contribution in [2.45, 2.75) is 13.3 Å². The van der Waals surface area contributed by atoms with Gasteiger partial charge in [-0.05, 0) is 90.0 Å². The number of aryl methyl sites for hydroxylation is 1. The minimum Gasteiger partial charge on any atom is -0.296 e. The van der Waals surface area contributed by atoms with Crippen LogP contribution in [-0.2, 0) is 6.42 Å². The molecule has 0 atom stereocenters. The van der Waals surface area contributed by atoms with Gasteiger partial charge < -0.3 is 0 Å². The summed E-state index contributed by atoms with van der Waals surface area (Å²) in [7, 11) is 0. The van der Waals surface area contributed by atoms with Crippen molar-refractivity contribution in [2.24, 2.45) is 0 Å². The number of hydrogen-bond acceptors (Lipinski definition) is 1. The number of aromatic nitrogens is 2. The SMILES string of the molecule is CCc1nc2ccccc2n1-c1ccc(-c2c3ccccc3c(-c3ccc(-c4cccc5ccccc45)cc3)c3ccccc23)cc1. The maximum absolute atomic E-state index is 4.91. The lowest BCUT2D eigenvalue weighted by molar-refractivity contribution is 0.908. The van der Waals surface area contributed by atoms with Gasteiger partial charge in [0, 0.05) is 12.1 Å². The number of hydrogen-bond donors (Lipinski definition) is 0. The first-order chi connectivity index (χ1) is 23.3. The summed E-state index contributed by atoms with van der Waals surface area (Å²) in [5, 5.41) is 7.58. The van der Waals surface area contributed by atoms with Gasteiger partial charge in [-0.2, -0.15) is 0 Å². The third-order valence-corrected chi connectivity index (χ3v) is 9.57. The Morgan fingerprint density at radius 1 is 0.447 bits per heavy atom. The normalized spacial score (nSPS) is 11.6. The molecule has 2 heteroatoms. The number of para-hydroxylation sites is 2. The molecule has 47 heavy (non-hydrogen) atoms. The first-order valence-electron chi connectivity index (χ1n) is 16.4. The zero-order valence-electron chi connectivity index (χ0n) is 26.2. The smallest absolute Gasteiger partial charge is 0.114 e. The average molecular weight is 601 g/mol. The third kappa shape index (κ3) is 4.45. The Hall–Kier alpha value is -5.99. The molecule has 0 saturated carbocycles. The van der Waals surface area contributed by atoms with E-state index in [9.17, 15) is 0 Å². The van der Waals surface area contributed by atoms with Crippen molar-refractivity contribution in [3.8, 4) is 39.1 Å². The minimum absolute atomic E-state index is 0.871. The molecule has 0 saturated heterocycles. The minimum atomic E-state index is 0.871. The van der Waals surface area contributed by atoms with E-state index in [0.717, 1.165) is 29.0 Å². The van der Waals surface area contributed by atoms with Gasteiger partial charge in [0.15, 0.2) is 0 Å². The predicted octanol–water partition coefficient (Wildman–Crippen LogP) is 12.0. The lowest BCUT2D eigenvalue weighted by Gasteiger charge is -2.18. The lowest BCUT2D eigenvalue weighted by atomic mass is 9.85. The highest BCUT2D eigenvalue weighted by Gasteiger charge is 2.17.